The fraction of sp³-hybridized carbons (Fsp3) is 0. The van der Waals surface area contributed by atoms with Gasteiger partial charge < -0.3 is 5.32 Å². The van der Waals surface area contributed by atoms with Crippen molar-refractivity contribution in [3.63, 3.8) is 0 Å². The maximum Gasteiger partial charge on any atom is 0.264 e. The van der Waals surface area contributed by atoms with Crippen molar-refractivity contribution >= 4 is 77.0 Å². The Hall–Kier alpha value is -3.31. The number of halogens is 2. The van der Waals surface area contributed by atoms with E-state index in [1.807, 2.05) is 0 Å². The van der Waals surface area contributed by atoms with E-state index in [0.29, 0.717) is 10.0 Å². The van der Waals surface area contributed by atoms with E-state index < -0.39 is 30.8 Å². The zero-order valence-corrected chi connectivity index (χ0v) is 20.7. The number of hydrogen-bond donors (Lipinski definition) is 3. The van der Waals surface area contributed by atoms with Gasteiger partial charge in [0.05, 0.1) is 10.6 Å². The first-order chi connectivity index (χ1) is 16.5. The average Bonchev–Trinajstić information content (AvgIpc) is 3.14. The second-order valence-electron chi connectivity index (χ2n) is 7.65. The first-order valence-corrected chi connectivity index (χ1v) is 13.8. The minimum atomic E-state index is -4.33. The SMILES string of the molecule is O=C1Nc2c(S(=O)(=O)Nc3ccc(Cl)cc3)cc(S(=O)(=O)Nc3ccc(Cl)cc3)c3cccc1c23. The van der Waals surface area contributed by atoms with Gasteiger partial charge in [0.15, 0.2) is 0 Å². The summed E-state index contributed by atoms with van der Waals surface area (Å²) in [7, 11) is -8.61. The Morgan fingerprint density at radius 3 is 1.74 bits per heavy atom. The molecule has 0 bridgehead atoms. The Kier molecular flexibility index (Phi) is 5.64. The van der Waals surface area contributed by atoms with Gasteiger partial charge in [-0.05, 0) is 60.7 Å². The molecule has 4 aromatic carbocycles. The van der Waals surface area contributed by atoms with Crippen LogP contribution in [0.2, 0.25) is 10.0 Å². The van der Waals surface area contributed by atoms with E-state index >= 15 is 0 Å². The van der Waals surface area contributed by atoms with Crippen molar-refractivity contribution in [2.24, 2.45) is 0 Å². The summed E-state index contributed by atoms with van der Waals surface area (Å²) in [6, 6.07) is 17.5. The summed E-state index contributed by atoms with van der Waals surface area (Å²) in [6.45, 7) is 0. The normalized spacial score (nSPS) is 13.0. The highest BCUT2D eigenvalue weighted by Gasteiger charge is 2.33. The van der Waals surface area contributed by atoms with Crippen molar-refractivity contribution in [3.05, 3.63) is 88.4 Å². The quantitative estimate of drug-likeness (QED) is 0.301. The number of rotatable bonds is 6. The zero-order valence-electron chi connectivity index (χ0n) is 17.5. The molecular formula is C23H15Cl2N3O5S2. The minimum Gasteiger partial charge on any atom is -0.320 e. The minimum absolute atomic E-state index is 0.00695. The number of carbonyl (C=O) groups is 1. The summed E-state index contributed by atoms with van der Waals surface area (Å²) in [4.78, 5) is 11.9. The molecule has 5 rings (SSSR count). The van der Waals surface area contributed by atoms with Gasteiger partial charge in [-0.15, -0.1) is 0 Å². The molecule has 0 saturated carbocycles. The number of nitrogens with one attached hydrogen (secondary N) is 3. The van der Waals surface area contributed by atoms with Crippen LogP contribution >= 0.6 is 23.2 Å². The highest BCUT2D eigenvalue weighted by atomic mass is 35.5. The van der Waals surface area contributed by atoms with Crippen LogP contribution < -0.4 is 14.8 Å². The lowest BCUT2D eigenvalue weighted by Gasteiger charge is -2.16. The van der Waals surface area contributed by atoms with E-state index in [2.05, 4.69) is 14.8 Å². The molecule has 3 N–H and O–H groups in total. The number of hydrogen-bond acceptors (Lipinski definition) is 5. The highest BCUT2D eigenvalue weighted by molar-refractivity contribution is 7.93. The first kappa shape index (κ1) is 23.4. The average molecular weight is 548 g/mol. The van der Waals surface area contributed by atoms with Crippen LogP contribution in [0.25, 0.3) is 10.8 Å². The predicted molar refractivity (Wildman–Crippen MR) is 136 cm³/mol. The Morgan fingerprint density at radius 2 is 1.20 bits per heavy atom. The van der Waals surface area contributed by atoms with Crippen LogP contribution in [0.15, 0.2) is 82.6 Å². The van der Waals surface area contributed by atoms with Crippen molar-refractivity contribution in [1.82, 2.24) is 0 Å². The number of anilines is 3. The van der Waals surface area contributed by atoms with Gasteiger partial charge >= 0.3 is 0 Å². The Bertz CT molecular complexity index is 1720. The van der Waals surface area contributed by atoms with Gasteiger partial charge in [0.1, 0.15) is 4.90 Å². The molecule has 0 aromatic heterocycles. The van der Waals surface area contributed by atoms with Gasteiger partial charge in [0, 0.05) is 37.8 Å². The predicted octanol–water partition coefficient (Wildman–Crippen LogP) is 5.31. The summed E-state index contributed by atoms with van der Waals surface area (Å²) in [6.07, 6.45) is 0. The van der Waals surface area contributed by atoms with Crippen LogP contribution in [0.4, 0.5) is 17.1 Å². The van der Waals surface area contributed by atoms with E-state index in [0.717, 1.165) is 6.07 Å². The van der Waals surface area contributed by atoms with Crippen molar-refractivity contribution in [3.8, 4) is 0 Å². The van der Waals surface area contributed by atoms with Crippen LogP contribution in [-0.2, 0) is 20.0 Å². The summed E-state index contributed by atoms with van der Waals surface area (Å²) < 4.78 is 58.5. The lowest BCUT2D eigenvalue weighted by atomic mass is 10.1. The van der Waals surface area contributed by atoms with Crippen molar-refractivity contribution in [2.45, 2.75) is 9.79 Å². The molecular weight excluding hydrogens is 533 g/mol. The second kappa shape index (κ2) is 8.42. The van der Waals surface area contributed by atoms with Crippen LogP contribution in [-0.4, -0.2) is 22.7 Å². The smallest absolute Gasteiger partial charge is 0.264 e. The highest BCUT2D eigenvalue weighted by Crippen LogP contribution is 2.42. The van der Waals surface area contributed by atoms with Gasteiger partial charge in [-0.3, -0.25) is 14.2 Å². The Morgan fingerprint density at radius 1 is 0.686 bits per heavy atom. The monoisotopic (exact) mass is 547 g/mol. The molecule has 0 fully saturated rings. The zero-order chi connectivity index (χ0) is 25.0. The van der Waals surface area contributed by atoms with Crippen LogP contribution in [0.3, 0.4) is 0 Å². The van der Waals surface area contributed by atoms with Crippen molar-refractivity contribution in [2.75, 3.05) is 14.8 Å². The summed E-state index contributed by atoms with van der Waals surface area (Å²) >= 11 is 11.8. The van der Waals surface area contributed by atoms with Crippen molar-refractivity contribution < 1.29 is 21.6 Å². The second-order valence-corrected chi connectivity index (χ2v) is 11.8. The summed E-state index contributed by atoms with van der Waals surface area (Å²) in [5, 5.41) is 3.80. The first-order valence-electron chi connectivity index (χ1n) is 10.0. The third-order valence-electron chi connectivity index (χ3n) is 5.34. The molecule has 178 valence electrons. The molecule has 4 aromatic rings. The third-order valence-corrected chi connectivity index (χ3v) is 8.67. The van der Waals surface area contributed by atoms with Gasteiger partial charge in [-0.2, -0.15) is 0 Å². The molecule has 1 aliphatic rings. The third kappa shape index (κ3) is 4.30. The lowest BCUT2D eigenvalue weighted by Crippen LogP contribution is -2.18. The number of sulfonamides is 2. The fourth-order valence-corrected chi connectivity index (χ4v) is 6.67. The van der Waals surface area contributed by atoms with Crippen LogP contribution in [0.1, 0.15) is 10.4 Å². The number of amides is 1. The molecule has 0 unspecified atom stereocenters. The standard InChI is InChI=1S/C23H15Cl2N3O5S2/c24-13-4-8-15(9-5-13)27-34(30,31)19-12-20(35(32,33)28-16-10-6-14(25)7-11-16)22-21-17(19)2-1-3-18(21)23(29)26-22/h1-12,27-28H,(H,26,29). The van der Waals surface area contributed by atoms with E-state index in [1.165, 1.54) is 66.7 Å². The Labute approximate surface area is 211 Å². The molecule has 0 spiro atoms. The molecule has 8 nitrogen and oxygen atoms in total. The number of benzene rings is 4. The molecule has 12 heteroatoms. The topological polar surface area (TPSA) is 121 Å². The van der Waals surface area contributed by atoms with Gasteiger partial charge in [-0.1, -0.05) is 35.3 Å². The van der Waals surface area contributed by atoms with Crippen molar-refractivity contribution in [1.29, 1.82) is 0 Å². The summed E-state index contributed by atoms with van der Waals surface area (Å²) in [5.74, 6) is -0.534. The molecule has 0 saturated heterocycles. The van der Waals surface area contributed by atoms with E-state index in [9.17, 15) is 21.6 Å². The Balaban J connectivity index is 1.71. The van der Waals surface area contributed by atoms with Gasteiger partial charge in [-0.25, -0.2) is 16.8 Å². The van der Waals surface area contributed by atoms with E-state index in [4.69, 9.17) is 23.2 Å². The molecule has 1 aliphatic heterocycles. The van der Waals surface area contributed by atoms with Gasteiger partial charge in [0.2, 0.25) is 0 Å². The molecule has 1 heterocycles. The van der Waals surface area contributed by atoms with E-state index in [1.54, 1.807) is 0 Å². The van der Waals surface area contributed by atoms with Gasteiger partial charge in [0.25, 0.3) is 26.0 Å². The largest absolute Gasteiger partial charge is 0.320 e. The fourth-order valence-electron chi connectivity index (χ4n) is 3.80. The van der Waals surface area contributed by atoms with E-state index in [-0.39, 0.29) is 38.3 Å². The maximum atomic E-state index is 13.4. The lowest BCUT2D eigenvalue weighted by molar-refractivity contribution is 0.103. The molecule has 0 radical (unpaired) electrons. The molecule has 35 heavy (non-hydrogen) atoms. The van der Waals surface area contributed by atoms with Crippen LogP contribution in [0.5, 0.6) is 0 Å². The molecule has 1 amide bonds. The maximum absolute atomic E-state index is 13.4. The molecule has 0 aliphatic carbocycles. The molecule has 0 atom stereocenters. The summed E-state index contributed by atoms with van der Waals surface area (Å²) in [5.41, 5.74) is 0.620. The number of carbonyl (C=O) groups excluding carboxylic acids is 1. The van der Waals surface area contributed by atoms with Crippen LogP contribution in [0, 0.1) is 0 Å².